The fraction of sp³-hybridized carbons (Fsp3) is 0.500. The van der Waals surface area contributed by atoms with Crippen LogP contribution >= 0.6 is 0 Å². The Morgan fingerprint density at radius 3 is 2.37 bits per heavy atom. The van der Waals surface area contributed by atoms with E-state index in [1.807, 2.05) is 68.3 Å². The molecular weight excluding hydrogens is 474 g/mol. The van der Waals surface area contributed by atoms with Crippen molar-refractivity contribution in [2.75, 3.05) is 19.7 Å². The first kappa shape index (κ1) is 29.3. The minimum Gasteiger partial charge on any atom is -0.494 e. The van der Waals surface area contributed by atoms with Gasteiger partial charge in [0.1, 0.15) is 5.75 Å². The zero-order valence-electron chi connectivity index (χ0n) is 23.7. The molecule has 0 spiro atoms. The summed E-state index contributed by atoms with van der Waals surface area (Å²) in [6.45, 7) is 9.93. The predicted molar refractivity (Wildman–Crippen MR) is 155 cm³/mol. The minimum absolute atomic E-state index is 0.0215. The molecule has 0 aliphatic rings. The number of aromatic nitrogens is 1. The molecular formula is C32H45N3O3. The van der Waals surface area contributed by atoms with Gasteiger partial charge in [-0.25, -0.2) is 0 Å². The summed E-state index contributed by atoms with van der Waals surface area (Å²) >= 11 is 0. The van der Waals surface area contributed by atoms with E-state index in [-0.39, 0.29) is 24.4 Å². The first-order valence-electron chi connectivity index (χ1n) is 14.3. The Morgan fingerprint density at radius 2 is 1.66 bits per heavy atom. The number of aromatic amines is 1. The van der Waals surface area contributed by atoms with E-state index >= 15 is 0 Å². The second-order valence-electron chi connectivity index (χ2n) is 10.3. The zero-order valence-corrected chi connectivity index (χ0v) is 23.7. The summed E-state index contributed by atoms with van der Waals surface area (Å²) < 4.78 is 5.58. The van der Waals surface area contributed by atoms with Gasteiger partial charge in [-0.2, -0.15) is 0 Å². The van der Waals surface area contributed by atoms with Crippen LogP contribution < -0.4 is 4.74 Å². The van der Waals surface area contributed by atoms with Crippen LogP contribution in [0.1, 0.15) is 77.3 Å². The molecule has 0 saturated heterocycles. The quantitative estimate of drug-likeness (QED) is 0.213. The molecule has 0 unspecified atom stereocenters. The van der Waals surface area contributed by atoms with Crippen molar-refractivity contribution in [2.45, 2.75) is 85.2 Å². The lowest BCUT2D eigenvalue weighted by molar-refractivity contribution is -0.142. The number of nitrogens with one attached hydrogen (secondary N) is 1. The molecule has 2 amide bonds. The molecule has 3 aromatic rings. The maximum absolute atomic E-state index is 13.7. The number of carbonyl (C=O) groups is 2. The van der Waals surface area contributed by atoms with E-state index in [2.05, 4.69) is 24.0 Å². The second-order valence-corrected chi connectivity index (χ2v) is 10.3. The first-order valence-corrected chi connectivity index (χ1v) is 14.3. The standard InChI is InChI=1S/C32H45N3O3/c1-5-7-8-9-10-15-31(36)35(25(3)4)24-32(37)34(23-26-16-18-28(19-17-26)38-6-2)21-20-27-22-33-30-14-12-11-13-29(27)30/h11-14,16-19,22,25,33H,5-10,15,20-21,23-24H2,1-4H3. The molecule has 1 aromatic heterocycles. The number of carbonyl (C=O) groups excluding carboxylic acids is 2. The molecule has 38 heavy (non-hydrogen) atoms. The van der Waals surface area contributed by atoms with E-state index in [0.717, 1.165) is 42.5 Å². The highest BCUT2D eigenvalue weighted by molar-refractivity contribution is 5.85. The monoisotopic (exact) mass is 519 g/mol. The fourth-order valence-corrected chi connectivity index (χ4v) is 4.79. The second kappa shape index (κ2) is 15.2. The van der Waals surface area contributed by atoms with Gasteiger partial charge in [-0.15, -0.1) is 0 Å². The topological polar surface area (TPSA) is 65.6 Å². The Balaban J connectivity index is 1.71. The molecule has 3 rings (SSSR count). The SMILES string of the molecule is CCCCCCCC(=O)N(CC(=O)N(CCc1c[nH]c2ccccc12)Cc1ccc(OCC)cc1)C(C)C. The highest BCUT2D eigenvalue weighted by Gasteiger charge is 2.23. The summed E-state index contributed by atoms with van der Waals surface area (Å²) in [5, 5.41) is 1.18. The molecule has 6 heteroatoms. The number of para-hydroxylation sites is 1. The summed E-state index contributed by atoms with van der Waals surface area (Å²) in [4.78, 5) is 33.7. The average Bonchev–Trinajstić information content (AvgIpc) is 3.33. The zero-order chi connectivity index (χ0) is 27.3. The smallest absolute Gasteiger partial charge is 0.242 e. The Kier molecular flexibility index (Phi) is 11.7. The molecule has 0 atom stereocenters. The number of hydrogen-bond acceptors (Lipinski definition) is 3. The van der Waals surface area contributed by atoms with Gasteiger partial charge in [-0.05, 0) is 62.9 Å². The maximum Gasteiger partial charge on any atom is 0.242 e. The van der Waals surface area contributed by atoms with Crippen molar-refractivity contribution < 1.29 is 14.3 Å². The largest absolute Gasteiger partial charge is 0.494 e. The van der Waals surface area contributed by atoms with Crippen LogP contribution in [0, 0.1) is 0 Å². The van der Waals surface area contributed by atoms with E-state index in [1.54, 1.807) is 4.90 Å². The highest BCUT2D eigenvalue weighted by atomic mass is 16.5. The Hall–Kier alpha value is -3.28. The van der Waals surface area contributed by atoms with Gasteiger partial charge >= 0.3 is 0 Å². The van der Waals surface area contributed by atoms with Gasteiger partial charge in [0.05, 0.1) is 13.2 Å². The van der Waals surface area contributed by atoms with Crippen LogP contribution in [0.5, 0.6) is 5.75 Å². The van der Waals surface area contributed by atoms with Crippen LogP contribution in [0.15, 0.2) is 54.7 Å². The molecule has 0 aliphatic carbocycles. The van der Waals surface area contributed by atoms with Crippen LogP contribution in [0.25, 0.3) is 10.9 Å². The van der Waals surface area contributed by atoms with Gasteiger partial charge in [0.25, 0.3) is 0 Å². The number of rotatable bonds is 16. The van der Waals surface area contributed by atoms with Gasteiger partial charge in [0.2, 0.25) is 11.8 Å². The van der Waals surface area contributed by atoms with Crippen molar-refractivity contribution in [3.8, 4) is 5.75 Å². The van der Waals surface area contributed by atoms with Gasteiger partial charge in [0.15, 0.2) is 0 Å². The van der Waals surface area contributed by atoms with Crippen molar-refractivity contribution in [2.24, 2.45) is 0 Å². The first-order chi connectivity index (χ1) is 18.4. The van der Waals surface area contributed by atoms with E-state index in [1.165, 1.54) is 23.8 Å². The molecule has 6 nitrogen and oxygen atoms in total. The third kappa shape index (κ3) is 8.64. The van der Waals surface area contributed by atoms with Crippen molar-refractivity contribution in [1.29, 1.82) is 0 Å². The number of ether oxygens (including phenoxy) is 1. The van der Waals surface area contributed by atoms with Gasteiger partial charge in [-0.3, -0.25) is 9.59 Å². The van der Waals surface area contributed by atoms with Crippen molar-refractivity contribution in [3.63, 3.8) is 0 Å². The summed E-state index contributed by atoms with van der Waals surface area (Å²) in [5.74, 6) is 0.873. The average molecular weight is 520 g/mol. The molecule has 0 bridgehead atoms. The number of hydrogen-bond donors (Lipinski definition) is 1. The van der Waals surface area contributed by atoms with Gasteiger partial charge in [-0.1, -0.05) is 62.9 Å². The van der Waals surface area contributed by atoms with Crippen LogP contribution in [0.3, 0.4) is 0 Å². The molecule has 1 heterocycles. The molecule has 1 N–H and O–H groups in total. The minimum atomic E-state index is -0.0250. The van der Waals surface area contributed by atoms with Crippen LogP contribution in [-0.2, 0) is 22.6 Å². The van der Waals surface area contributed by atoms with Crippen LogP contribution in [0.4, 0.5) is 0 Å². The van der Waals surface area contributed by atoms with Gasteiger partial charge < -0.3 is 19.5 Å². The molecule has 206 valence electrons. The Labute approximate surface area is 228 Å². The van der Waals surface area contributed by atoms with Crippen LogP contribution in [0.2, 0.25) is 0 Å². The molecule has 2 aromatic carbocycles. The molecule has 0 radical (unpaired) electrons. The molecule has 0 aliphatic heterocycles. The molecule has 0 saturated carbocycles. The predicted octanol–water partition coefficient (Wildman–Crippen LogP) is 6.74. The van der Waals surface area contributed by atoms with Gasteiger partial charge in [0, 0.05) is 42.7 Å². The third-order valence-corrected chi connectivity index (χ3v) is 7.03. The van der Waals surface area contributed by atoms with Crippen molar-refractivity contribution >= 4 is 22.7 Å². The lowest BCUT2D eigenvalue weighted by Crippen LogP contribution is -2.46. The Morgan fingerprint density at radius 1 is 0.921 bits per heavy atom. The summed E-state index contributed by atoms with van der Waals surface area (Å²) in [6, 6.07) is 16.1. The molecule has 0 fully saturated rings. The third-order valence-electron chi connectivity index (χ3n) is 7.03. The summed E-state index contributed by atoms with van der Waals surface area (Å²) in [7, 11) is 0. The number of nitrogens with zero attached hydrogens (tertiary/aromatic N) is 2. The summed E-state index contributed by atoms with van der Waals surface area (Å²) in [5.41, 5.74) is 3.33. The number of H-pyrrole nitrogens is 1. The van der Waals surface area contributed by atoms with E-state index in [4.69, 9.17) is 4.74 Å². The highest BCUT2D eigenvalue weighted by Crippen LogP contribution is 2.20. The normalized spacial score (nSPS) is 11.2. The van der Waals surface area contributed by atoms with Crippen molar-refractivity contribution in [3.05, 3.63) is 65.9 Å². The van der Waals surface area contributed by atoms with E-state index < -0.39 is 0 Å². The van der Waals surface area contributed by atoms with Crippen molar-refractivity contribution in [1.82, 2.24) is 14.8 Å². The summed E-state index contributed by atoms with van der Waals surface area (Å²) in [6.07, 6.45) is 8.77. The lowest BCUT2D eigenvalue weighted by atomic mass is 10.1. The number of amides is 2. The van der Waals surface area contributed by atoms with Crippen LogP contribution in [-0.4, -0.2) is 52.3 Å². The number of fused-ring (bicyclic) bond motifs is 1. The van der Waals surface area contributed by atoms with E-state index in [9.17, 15) is 9.59 Å². The number of benzene rings is 2. The fourth-order valence-electron chi connectivity index (χ4n) is 4.79. The number of unbranched alkanes of at least 4 members (excludes halogenated alkanes) is 4. The maximum atomic E-state index is 13.7. The lowest BCUT2D eigenvalue weighted by Gasteiger charge is -2.30. The Bertz CT molecular complexity index is 1140. The van der Waals surface area contributed by atoms with E-state index in [0.29, 0.717) is 26.1 Å².